The van der Waals surface area contributed by atoms with E-state index in [4.69, 9.17) is 4.74 Å². The summed E-state index contributed by atoms with van der Waals surface area (Å²) in [7, 11) is 1.55. The average molecular weight is 304 g/mol. The van der Waals surface area contributed by atoms with E-state index in [1.54, 1.807) is 24.6 Å². The predicted molar refractivity (Wildman–Crippen MR) is 84.2 cm³/mol. The Kier molecular flexibility index (Phi) is 6.37. The molecule has 0 saturated carbocycles. The summed E-state index contributed by atoms with van der Waals surface area (Å²) in [5, 5.41) is 2.89. The van der Waals surface area contributed by atoms with Crippen LogP contribution in [0.15, 0.2) is 41.9 Å². The van der Waals surface area contributed by atoms with Crippen molar-refractivity contribution in [2.75, 3.05) is 20.3 Å². The van der Waals surface area contributed by atoms with Crippen LogP contribution in [-0.2, 0) is 22.5 Å². The summed E-state index contributed by atoms with van der Waals surface area (Å²) >= 11 is 1.57. The van der Waals surface area contributed by atoms with E-state index in [1.807, 2.05) is 28.5 Å². The van der Waals surface area contributed by atoms with Crippen molar-refractivity contribution in [2.24, 2.45) is 0 Å². The largest absolute Gasteiger partial charge is 0.375 e. The van der Waals surface area contributed by atoms with E-state index >= 15 is 0 Å². The van der Waals surface area contributed by atoms with Gasteiger partial charge >= 0.3 is 0 Å². The summed E-state index contributed by atoms with van der Waals surface area (Å²) < 4.78 is 4.96. The highest BCUT2D eigenvalue weighted by Crippen LogP contribution is 2.10. The highest BCUT2D eigenvalue weighted by Gasteiger charge is 2.14. The molecular weight excluding hydrogens is 284 g/mol. The predicted octanol–water partition coefficient (Wildman–Crippen LogP) is 2.75. The third kappa shape index (κ3) is 5.28. The zero-order chi connectivity index (χ0) is 14.9. The highest BCUT2D eigenvalue weighted by atomic mass is 32.1. The molecule has 0 aliphatic carbocycles. The minimum Gasteiger partial charge on any atom is -0.375 e. The summed E-state index contributed by atoms with van der Waals surface area (Å²) in [6, 6.07) is 10.3. The SMILES string of the molecule is COCC(=O)N(CCCc1ccccc1)Cc1nccs1. The fourth-order valence-corrected chi connectivity index (χ4v) is 2.75. The Hall–Kier alpha value is -1.72. The average Bonchev–Trinajstić information content (AvgIpc) is 3.00. The molecule has 0 aliphatic rings. The molecule has 0 saturated heterocycles. The van der Waals surface area contributed by atoms with Crippen LogP contribution in [0.25, 0.3) is 0 Å². The fourth-order valence-electron chi connectivity index (χ4n) is 2.12. The van der Waals surface area contributed by atoms with Crippen LogP contribution in [0.2, 0.25) is 0 Å². The van der Waals surface area contributed by atoms with Gasteiger partial charge < -0.3 is 9.64 Å². The lowest BCUT2D eigenvalue weighted by Crippen LogP contribution is -2.34. The van der Waals surface area contributed by atoms with Gasteiger partial charge in [0.2, 0.25) is 5.91 Å². The third-order valence-electron chi connectivity index (χ3n) is 3.17. The molecule has 5 heteroatoms. The standard InChI is InChI=1S/C16H20N2O2S/c1-20-13-16(19)18(12-15-17-9-11-21-15)10-5-8-14-6-3-2-4-7-14/h2-4,6-7,9,11H,5,8,10,12-13H2,1H3. The Morgan fingerprint density at radius 1 is 1.33 bits per heavy atom. The van der Waals surface area contributed by atoms with E-state index in [-0.39, 0.29) is 12.5 Å². The summed E-state index contributed by atoms with van der Waals surface area (Å²) in [4.78, 5) is 18.2. The zero-order valence-corrected chi connectivity index (χ0v) is 13.0. The number of aryl methyl sites for hydroxylation is 1. The van der Waals surface area contributed by atoms with E-state index in [0.29, 0.717) is 6.54 Å². The van der Waals surface area contributed by atoms with Gasteiger partial charge in [-0.3, -0.25) is 4.79 Å². The van der Waals surface area contributed by atoms with Gasteiger partial charge in [0, 0.05) is 25.2 Å². The Bertz CT molecular complexity index is 528. The number of carbonyl (C=O) groups is 1. The number of benzene rings is 1. The lowest BCUT2D eigenvalue weighted by molar-refractivity contribution is -0.135. The van der Waals surface area contributed by atoms with Gasteiger partial charge in [0.05, 0.1) is 6.54 Å². The topological polar surface area (TPSA) is 42.4 Å². The van der Waals surface area contributed by atoms with Crippen molar-refractivity contribution < 1.29 is 9.53 Å². The summed E-state index contributed by atoms with van der Waals surface area (Å²) in [5.74, 6) is 0.0146. The summed E-state index contributed by atoms with van der Waals surface area (Å²) in [5.41, 5.74) is 1.30. The lowest BCUT2D eigenvalue weighted by atomic mass is 10.1. The van der Waals surface area contributed by atoms with Crippen molar-refractivity contribution in [3.05, 3.63) is 52.5 Å². The molecule has 0 bridgehead atoms. The molecule has 0 atom stereocenters. The van der Waals surface area contributed by atoms with Gasteiger partial charge in [-0.15, -0.1) is 11.3 Å². The number of amides is 1. The van der Waals surface area contributed by atoms with E-state index in [9.17, 15) is 4.79 Å². The quantitative estimate of drug-likeness (QED) is 0.753. The molecule has 0 N–H and O–H groups in total. The van der Waals surface area contributed by atoms with Crippen molar-refractivity contribution in [3.63, 3.8) is 0 Å². The number of aromatic nitrogens is 1. The Morgan fingerprint density at radius 3 is 2.81 bits per heavy atom. The molecule has 1 amide bonds. The second kappa shape index (κ2) is 8.54. The molecule has 1 heterocycles. The molecule has 0 unspecified atom stereocenters. The maximum absolute atomic E-state index is 12.1. The van der Waals surface area contributed by atoms with E-state index in [2.05, 4.69) is 17.1 Å². The van der Waals surface area contributed by atoms with E-state index in [1.165, 1.54) is 5.56 Å². The van der Waals surface area contributed by atoms with Crippen LogP contribution in [0.3, 0.4) is 0 Å². The van der Waals surface area contributed by atoms with E-state index < -0.39 is 0 Å². The van der Waals surface area contributed by atoms with Crippen molar-refractivity contribution in [1.29, 1.82) is 0 Å². The number of methoxy groups -OCH3 is 1. The molecule has 0 radical (unpaired) electrons. The molecule has 1 aromatic carbocycles. The number of nitrogens with zero attached hydrogens (tertiary/aromatic N) is 2. The second-order valence-electron chi connectivity index (χ2n) is 4.76. The number of ether oxygens (including phenoxy) is 1. The first kappa shape index (κ1) is 15.7. The maximum Gasteiger partial charge on any atom is 0.248 e. The van der Waals surface area contributed by atoms with Crippen LogP contribution in [0, 0.1) is 0 Å². The highest BCUT2D eigenvalue weighted by molar-refractivity contribution is 7.09. The van der Waals surface area contributed by atoms with Crippen LogP contribution in [0.1, 0.15) is 17.0 Å². The minimum atomic E-state index is 0.0146. The normalized spacial score (nSPS) is 10.5. The molecule has 0 fully saturated rings. The molecule has 0 aliphatic heterocycles. The first-order valence-corrected chi connectivity index (χ1v) is 7.86. The lowest BCUT2D eigenvalue weighted by Gasteiger charge is -2.21. The summed E-state index contributed by atoms with van der Waals surface area (Å²) in [6.45, 7) is 1.40. The van der Waals surface area contributed by atoms with Gasteiger partial charge in [-0.2, -0.15) is 0 Å². The molecule has 21 heavy (non-hydrogen) atoms. The number of thiazole rings is 1. The smallest absolute Gasteiger partial charge is 0.248 e. The van der Waals surface area contributed by atoms with Gasteiger partial charge in [-0.25, -0.2) is 4.98 Å². The monoisotopic (exact) mass is 304 g/mol. The minimum absolute atomic E-state index is 0.0146. The Morgan fingerprint density at radius 2 is 2.14 bits per heavy atom. The molecule has 2 rings (SSSR count). The molecular formula is C16H20N2O2S. The fraction of sp³-hybridized carbons (Fsp3) is 0.375. The van der Waals surface area contributed by atoms with Crippen LogP contribution >= 0.6 is 11.3 Å². The molecule has 0 spiro atoms. The molecule has 2 aromatic rings. The Labute approximate surface area is 129 Å². The summed E-state index contributed by atoms with van der Waals surface area (Å²) in [6.07, 6.45) is 3.67. The number of rotatable bonds is 8. The van der Waals surface area contributed by atoms with E-state index in [0.717, 1.165) is 24.4 Å². The van der Waals surface area contributed by atoms with Gasteiger partial charge in [0.15, 0.2) is 0 Å². The zero-order valence-electron chi connectivity index (χ0n) is 12.2. The second-order valence-corrected chi connectivity index (χ2v) is 5.74. The third-order valence-corrected chi connectivity index (χ3v) is 3.93. The first-order chi connectivity index (χ1) is 10.3. The molecule has 112 valence electrons. The van der Waals surface area contributed by atoms with Gasteiger partial charge in [-0.1, -0.05) is 30.3 Å². The molecule has 4 nitrogen and oxygen atoms in total. The van der Waals surface area contributed by atoms with Gasteiger partial charge in [-0.05, 0) is 18.4 Å². The Balaban J connectivity index is 1.87. The van der Waals surface area contributed by atoms with Gasteiger partial charge in [0.1, 0.15) is 11.6 Å². The van der Waals surface area contributed by atoms with Crippen molar-refractivity contribution in [1.82, 2.24) is 9.88 Å². The van der Waals surface area contributed by atoms with Crippen LogP contribution < -0.4 is 0 Å². The molecule has 1 aromatic heterocycles. The first-order valence-electron chi connectivity index (χ1n) is 6.98. The maximum atomic E-state index is 12.1. The van der Waals surface area contributed by atoms with Crippen molar-refractivity contribution >= 4 is 17.2 Å². The van der Waals surface area contributed by atoms with Crippen molar-refractivity contribution in [3.8, 4) is 0 Å². The van der Waals surface area contributed by atoms with Gasteiger partial charge in [0.25, 0.3) is 0 Å². The van der Waals surface area contributed by atoms with Crippen LogP contribution in [0.5, 0.6) is 0 Å². The number of hydrogen-bond donors (Lipinski definition) is 0. The number of hydrogen-bond acceptors (Lipinski definition) is 4. The van der Waals surface area contributed by atoms with Crippen LogP contribution in [-0.4, -0.2) is 36.1 Å². The van der Waals surface area contributed by atoms with Crippen LogP contribution in [0.4, 0.5) is 0 Å². The van der Waals surface area contributed by atoms with Crippen molar-refractivity contribution in [2.45, 2.75) is 19.4 Å². The number of carbonyl (C=O) groups excluding carboxylic acids is 1.